The summed E-state index contributed by atoms with van der Waals surface area (Å²) in [5.74, 6) is 0.652. The van der Waals surface area contributed by atoms with Gasteiger partial charge >= 0.3 is 0 Å². The van der Waals surface area contributed by atoms with Crippen LogP contribution in [0.25, 0.3) is 0 Å². The standard InChI is InChI=1S/C13H25N3/c1-6-14-8-7-13-11(4)15-16(12(13)5)9-10(2)3/h10,14H,6-9H2,1-5H3. The highest BCUT2D eigenvalue weighted by atomic mass is 15.3. The van der Waals surface area contributed by atoms with E-state index in [9.17, 15) is 0 Å². The monoisotopic (exact) mass is 223 g/mol. The number of hydrogen-bond acceptors (Lipinski definition) is 2. The van der Waals surface area contributed by atoms with Crippen LogP contribution in [0.5, 0.6) is 0 Å². The molecule has 1 aromatic heterocycles. The Morgan fingerprint density at radius 1 is 1.31 bits per heavy atom. The van der Waals surface area contributed by atoms with Crippen LogP contribution < -0.4 is 5.32 Å². The molecule has 3 heteroatoms. The first kappa shape index (κ1) is 13.2. The van der Waals surface area contributed by atoms with Crippen molar-refractivity contribution < 1.29 is 0 Å². The molecule has 92 valence electrons. The molecule has 0 unspecified atom stereocenters. The lowest BCUT2D eigenvalue weighted by molar-refractivity contribution is 0.472. The van der Waals surface area contributed by atoms with E-state index >= 15 is 0 Å². The summed E-state index contributed by atoms with van der Waals surface area (Å²) in [5.41, 5.74) is 3.95. The molecule has 1 rings (SSSR count). The van der Waals surface area contributed by atoms with E-state index in [1.165, 1.54) is 17.0 Å². The molecule has 16 heavy (non-hydrogen) atoms. The molecule has 1 heterocycles. The van der Waals surface area contributed by atoms with Gasteiger partial charge < -0.3 is 5.32 Å². The highest BCUT2D eigenvalue weighted by molar-refractivity contribution is 5.24. The first-order chi connectivity index (χ1) is 7.56. The highest BCUT2D eigenvalue weighted by Crippen LogP contribution is 2.14. The summed E-state index contributed by atoms with van der Waals surface area (Å²) >= 11 is 0. The second kappa shape index (κ2) is 6.04. The summed E-state index contributed by atoms with van der Waals surface area (Å²) in [6.45, 7) is 14.0. The van der Waals surface area contributed by atoms with Crippen LogP contribution in [0.15, 0.2) is 0 Å². The fourth-order valence-corrected chi connectivity index (χ4v) is 2.01. The Kier molecular flexibility index (Phi) is 5.00. The molecular weight excluding hydrogens is 198 g/mol. The van der Waals surface area contributed by atoms with Crippen LogP contribution in [0.2, 0.25) is 0 Å². The lowest BCUT2D eigenvalue weighted by Gasteiger charge is -2.08. The Balaban J connectivity index is 2.72. The minimum Gasteiger partial charge on any atom is -0.317 e. The van der Waals surface area contributed by atoms with Gasteiger partial charge in [0, 0.05) is 12.2 Å². The van der Waals surface area contributed by atoms with Gasteiger partial charge in [-0.05, 0) is 44.8 Å². The van der Waals surface area contributed by atoms with Gasteiger partial charge in [-0.1, -0.05) is 20.8 Å². The maximum Gasteiger partial charge on any atom is 0.0628 e. The summed E-state index contributed by atoms with van der Waals surface area (Å²) in [6, 6.07) is 0. The number of likely N-dealkylation sites (N-methyl/N-ethyl adjacent to an activating group) is 1. The van der Waals surface area contributed by atoms with Gasteiger partial charge in [-0.2, -0.15) is 5.10 Å². The number of nitrogens with zero attached hydrogens (tertiary/aromatic N) is 2. The van der Waals surface area contributed by atoms with E-state index in [-0.39, 0.29) is 0 Å². The minimum atomic E-state index is 0.652. The second-order valence-corrected chi connectivity index (χ2v) is 4.83. The zero-order chi connectivity index (χ0) is 12.1. The molecule has 0 amide bonds. The van der Waals surface area contributed by atoms with Gasteiger partial charge in [0.1, 0.15) is 0 Å². The molecule has 1 N–H and O–H groups in total. The first-order valence-corrected chi connectivity index (χ1v) is 6.29. The van der Waals surface area contributed by atoms with Gasteiger partial charge in [0.25, 0.3) is 0 Å². The Morgan fingerprint density at radius 3 is 2.56 bits per heavy atom. The normalized spacial score (nSPS) is 11.4. The zero-order valence-electron chi connectivity index (χ0n) is 11.3. The average molecular weight is 223 g/mol. The SMILES string of the molecule is CCNCCc1c(C)nn(CC(C)C)c1C. The van der Waals surface area contributed by atoms with Gasteiger partial charge in [-0.25, -0.2) is 0 Å². The quantitative estimate of drug-likeness (QED) is 0.750. The van der Waals surface area contributed by atoms with E-state index in [4.69, 9.17) is 0 Å². The molecule has 0 aliphatic rings. The van der Waals surface area contributed by atoms with Crippen molar-refractivity contribution in [1.29, 1.82) is 0 Å². The van der Waals surface area contributed by atoms with E-state index < -0.39 is 0 Å². The highest BCUT2D eigenvalue weighted by Gasteiger charge is 2.11. The number of aromatic nitrogens is 2. The third-order valence-corrected chi connectivity index (χ3v) is 2.87. The Labute approximate surface area is 99.2 Å². The van der Waals surface area contributed by atoms with Crippen molar-refractivity contribution in [1.82, 2.24) is 15.1 Å². The fourth-order valence-electron chi connectivity index (χ4n) is 2.01. The molecular formula is C13H25N3. The van der Waals surface area contributed by atoms with Crippen molar-refractivity contribution in [3.05, 3.63) is 17.0 Å². The van der Waals surface area contributed by atoms with Crippen LogP contribution in [0.1, 0.15) is 37.7 Å². The largest absolute Gasteiger partial charge is 0.317 e. The van der Waals surface area contributed by atoms with E-state index in [0.717, 1.165) is 26.1 Å². The van der Waals surface area contributed by atoms with Crippen molar-refractivity contribution in [3.8, 4) is 0 Å². The molecule has 0 bridgehead atoms. The van der Waals surface area contributed by atoms with Gasteiger partial charge in [-0.3, -0.25) is 4.68 Å². The predicted octanol–water partition coefficient (Wildman–Crippen LogP) is 2.31. The zero-order valence-corrected chi connectivity index (χ0v) is 11.3. The van der Waals surface area contributed by atoms with E-state index in [1.54, 1.807) is 0 Å². The summed E-state index contributed by atoms with van der Waals surface area (Å²) < 4.78 is 2.15. The van der Waals surface area contributed by atoms with Crippen LogP contribution in [0.3, 0.4) is 0 Å². The van der Waals surface area contributed by atoms with Crippen molar-refractivity contribution in [2.75, 3.05) is 13.1 Å². The van der Waals surface area contributed by atoms with Gasteiger partial charge in [-0.15, -0.1) is 0 Å². The lowest BCUT2D eigenvalue weighted by Crippen LogP contribution is -2.16. The number of rotatable bonds is 6. The molecule has 0 saturated heterocycles. The van der Waals surface area contributed by atoms with Crippen LogP contribution >= 0.6 is 0 Å². The van der Waals surface area contributed by atoms with Gasteiger partial charge in [0.05, 0.1) is 5.69 Å². The first-order valence-electron chi connectivity index (χ1n) is 6.29. The third-order valence-electron chi connectivity index (χ3n) is 2.87. The number of aryl methyl sites for hydroxylation is 1. The minimum absolute atomic E-state index is 0.652. The Morgan fingerprint density at radius 2 is 2.00 bits per heavy atom. The number of hydrogen-bond donors (Lipinski definition) is 1. The molecule has 0 fully saturated rings. The Hall–Kier alpha value is -0.830. The van der Waals surface area contributed by atoms with Crippen molar-refractivity contribution in [3.63, 3.8) is 0 Å². The smallest absolute Gasteiger partial charge is 0.0628 e. The molecule has 0 radical (unpaired) electrons. The molecule has 0 aromatic carbocycles. The van der Waals surface area contributed by atoms with Gasteiger partial charge in [0.15, 0.2) is 0 Å². The third kappa shape index (κ3) is 3.34. The average Bonchev–Trinajstić information content (AvgIpc) is 2.45. The predicted molar refractivity (Wildman–Crippen MR) is 68.8 cm³/mol. The summed E-state index contributed by atoms with van der Waals surface area (Å²) in [4.78, 5) is 0. The molecule has 0 aliphatic heterocycles. The second-order valence-electron chi connectivity index (χ2n) is 4.83. The molecule has 3 nitrogen and oxygen atoms in total. The van der Waals surface area contributed by atoms with Crippen LogP contribution in [0.4, 0.5) is 0 Å². The molecule has 0 atom stereocenters. The maximum absolute atomic E-state index is 4.62. The van der Waals surface area contributed by atoms with Gasteiger partial charge in [0.2, 0.25) is 0 Å². The van der Waals surface area contributed by atoms with E-state index in [2.05, 4.69) is 49.7 Å². The lowest BCUT2D eigenvalue weighted by atomic mass is 10.1. The summed E-state index contributed by atoms with van der Waals surface area (Å²) in [5, 5.41) is 7.98. The van der Waals surface area contributed by atoms with E-state index in [0.29, 0.717) is 5.92 Å². The molecule has 0 aliphatic carbocycles. The maximum atomic E-state index is 4.62. The summed E-state index contributed by atoms with van der Waals surface area (Å²) in [7, 11) is 0. The van der Waals surface area contributed by atoms with Crippen LogP contribution in [-0.2, 0) is 13.0 Å². The van der Waals surface area contributed by atoms with E-state index in [1.807, 2.05) is 0 Å². The topological polar surface area (TPSA) is 29.9 Å². The molecule has 1 aromatic rings. The van der Waals surface area contributed by atoms with Crippen molar-refractivity contribution in [2.45, 2.75) is 47.6 Å². The van der Waals surface area contributed by atoms with Crippen LogP contribution in [0, 0.1) is 19.8 Å². The molecule has 0 spiro atoms. The Bertz CT molecular complexity index is 326. The number of nitrogens with one attached hydrogen (secondary N) is 1. The van der Waals surface area contributed by atoms with Crippen molar-refractivity contribution >= 4 is 0 Å². The fraction of sp³-hybridized carbons (Fsp3) is 0.769. The van der Waals surface area contributed by atoms with Crippen LogP contribution in [-0.4, -0.2) is 22.9 Å². The molecule has 0 saturated carbocycles. The van der Waals surface area contributed by atoms with Crippen molar-refractivity contribution in [2.24, 2.45) is 5.92 Å². The summed E-state index contributed by atoms with van der Waals surface area (Å²) in [6.07, 6.45) is 1.09.